The van der Waals surface area contributed by atoms with Crippen molar-refractivity contribution in [2.24, 2.45) is 0 Å². The van der Waals surface area contributed by atoms with E-state index in [0.29, 0.717) is 29.0 Å². The molecule has 0 aliphatic heterocycles. The van der Waals surface area contributed by atoms with Crippen LogP contribution in [0.2, 0.25) is 0 Å². The molecule has 1 unspecified atom stereocenters. The van der Waals surface area contributed by atoms with E-state index in [1.165, 1.54) is 39.3 Å². The van der Waals surface area contributed by atoms with Gasteiger partial charge < -0.3 is 19.9 Å². The van der Waals surface area contributed by atoms with Crippen LogP contribution in [0.5, 0.6) is 11.5 Å². The van der Waals surface area contributed by atoms with Crippen LogP contribution in [0.15, 0.2) is 36.4 Å². The van der Waals surface area contributed by atoms with Crippen molar-refractivity contribution in [1.29, 1.82) is 0 Å². The van der Waals surface area contributed by atoms with Crippen molar-refractivity contribution in [3.05, 3.63) is 58.9 Å². The molecular weight excluding hydrogens is 353 g/mol. The SMILES string of the molecule is COc1cc(CCC(=O)NC(C(=O)O)c2ccc(F)c(C)c2)cc(OC)c1. The molecule has 0 saturated heterocycles. The molecule has 6 nitrogen and oxygen atoms in total. The van der Waals surface area contributed by atoms with E-state index in [1.54, 1.807) is 18.2 Å². The summed E-state index contributed by atoms with van der Waals surface area (Å²) in [7, 11) is 3.07. The molecule has 0 saturated carbocycles. The second-order valence-electron chi connectivity index (χ2n) is 6.07. The number of halogens is 1. The van der Waals surface area contributed by atoms with E-state index in [9.17, 15) is 19.1 Å². The third-order valence-electron chi connectivity index (χ3n) is 4.12. The first-order valence-corrected chi connectivity index (χ1v) is 8.34. The van der Waals surface area contributed by atoms with E-state index in [4.69, 9.17) is 9.47 Å². The fraction of sp³-hybridized carbons (Fsp3) is 0.300. The minimum atomic E-state index is -1.24. The molecule has 0 radical (unpaired) electrons. The van der Waals surface area contributed by atoms with Crippen LogP contribution in [0.4, 0.5) is 4.39 Å². The van der Waals surface area contributed by atoms with E-state index in [0.717, 1.165) is 5.56 Å². The van der Waals surface area contributed by atoms with Crippen molar-refractivity contribution in [3.63, 3.8) is 0 Å². The number of carboxylic acids is 1. The van der Waals surface area contributed by atoms with Crippen LogP contribution in [0.1, 0.15) is 29.2 Å². The smallest absolute Gasteiger partial charge is 0.330 e. The van der Waals surface area contributed by atoms with Gasteiger partial charge in [-0.3, -0.25) is 4.79 Å². The molecule has 2 rings (SSSR count). The van der Waals surface area contributed by atoms with Gasteiger partial charge in [-0.1, -0.05) is 12.1 Å². The first-order chi connectivity index (χ1) is 12.8. The van der Waals surface area contributed by atoms with Gasteiger partial charge in [-0.25, -0.2) is 9.18 Å². The lowest BCUT2D eigenvalue weighted by molar-refractivity contribution is -0.142. The molecule has 2 aromatic carbocycles. The van der Waals surface area contributed by atoms with Gasteiger partial charge in [-0.2, -0.15) is 0 Å². The van der Waals surface area contributed by atoms with Crippen LogP contribution >= 0.6 is 0 Å². The summed E-state index contributed by atoms with van der Waals surface area (Å²) >= 11 is 0. The van der Waals surface area contributed by atoms with Gasteiger partial charge in [0, 0.05) is 12.5 Å². The van der Waals surface area contributed by atoms with Crippen LogP contribution in [0.3, 0.4) is 0 Å². The van der Waals surface area contributed by atoms with Gasteiger partial charge in [0.25, 0.3) is 0 Å². The number of carboxylic acid groups (broad SMARTS) is 1. The molecule has 0 heterocycles. The molecule has 1 amide bonds. The molecule has 0 fully saturated rings. The van der Waals surface area contributed by atoms with Gasteiger partial charge in [0.15, 0.2) is 6.04 Å². The highest BCUT2D eigenvalue weighted by molar-refractivity contribution is 5.84. The fourth-order valence-electron chi connectivity index (χ4n) is 2.64. The molecule has 2 N–H and O–H groups in total. The number of aliphatic carboxylic acids is 1. The Hall–Kier alpha value is -3.09. The Kier molecular flexibility index (Phi) is 6.76. The average molecular weight is 375 g/mol. The van der Waals surface area contributed by atoms with Gasteiger partial charge in [0.2, 0.25) is 5.91 Å². The molecule has 0 spiro atoms. The number of carbonyl (C=O) groups excluding carboxylic acids is 1. The second-order valence-corrected chi connectivity index (χ2v) is 6.07. The monoisotopic (exact) mass is 375 g/mol. The minimum Gasteiger partial charge on any atom is -0.497 e. The first kappa shape index (κ1) is 20.2. The lowest BCUT2D eigenvalue weighted by atomic mass is 10.0. The summed E-state index contributed by atoms with van der Waals surface area (Å²) in [4.78, 5) is 23.8. The normalized spacial score (nSPS) is 11.6. The van der Waals surface area contributed by atoms with Crippen molar-refractivity contribution >= 4 is 11.9 Å². The summed E-state index contributed by atoms with van der Waals surface area (Å²) in [5.74, 6) is -0.852. The maximum absolute atomic E-state index is 13.4. The number of hydrogen-bond acceptors (Lipinski definition) is 4. The number of carbonyl (C=O) groups is 2. The van der Waals surface area contributed by atoms with Gasteiger partial charge in [0.05, 0.1) is 14.2 Å². The molecule has 144 valence electrons. The van der Waals surface area contributed by atoms with E-state index in [1.807, 2.05) is 0 Å². The Bertz CT molecular complexity index is 815. The standard InChI is InChI=1S/C20H22FNO5/c1-12-8-14(5-6-17(12)21)19(20(24)25)22-18(23)7-4-13-9-15(26-2)11-16(10-13)27-3/h5-6,8-11,19H,4,7H2,1-3H3,(H,22,23)(H,24,25). The van der Waals surface area contributed by atoms with Crippen molar-refractivity contribution < 1.29 is 28.6 Å². The highest BCUT2D eigenvalue weighted by atomic mass is 19.1. The molecule has 0 aliphatic rings. The molecule has 0 aliphatic carbocycles. The number of benzene rings is 2. The number of ether oxygens (including phenoxy) is 2. The zero-order valence-corrected chi connectivity index (χ0v) is 15.4. The largest absolute Gasteiger partial charge is 0.497 e. The highest BCUT2D eigenvalue weighted by Gasteiger charge is 2.22. The number of aryl methyl sites for hydroxylation is 2. The Morgan fingerprint density at radius 3 is 2.26 bits per heavy atom. The van der Waals surface area contributed by atoms with Gasteiger partial charge >= 0.3 is 5.97 Å². The molecule has 0 bridgehead atoms. The van der Waals surface area contributed by atoms with E-state index in [-0.39, 0.29) is 6.42 Å². The van der Waals surface area contributed by atoms with Crippen LogP contribution in [-0.2, 0) is 16.0 Å². The topological polar surface area (TPSA) is 84.9 Å². The summed E-state index contributed by atoms with van der Waals surface area (Å²) in [6.07, 6.45) is 0.467. The fourth-order valence-corrected chi connectivity index (χ4v) is 2.64. The number of amides is 1. The van der Waals surface area contributed by atoms with E-state index >= 15 is 0 Å². The van der Waals surface area contributed by atoms with Crippen LogP contribution in [0.25, 0.3) is 0 Å². The minimum absolute atomic E-state index is 0.0836. The number of nitrogens with one attached hydrogen (secondary N) is 1. The van der Waals surface area contributed by atoms with E-state index in [2.05, 4.69) is 5.32 Å². The Balaban J connectivity index is 2.06. The molecule has 27 heavy (non-hydrogen) atoms. The maximum atomic E-state index is 13.4. The number of methoxy groups -OCH3 is 2. The van der Waals surface area contributed by atoms with Gasteiger partial charge in [-0.05, 0) is 48.2 Å². The predicted octanol–water partition coefficient (Wildman–Crippen LogP) is 3.03. The second kappa shape index (κ2) is 9.02. The molecule has 0 aromatic heterocycles. The summed E-state index contributed by atoms with van der Waals surface area (Å²) in [6, 6.07) is 8.02. The Labute approximate surface area is 156 Å². The van der Waals surface area contributed by atoms with E-state index < -0.39 is 23.7 Å². The molecular formula is C20H22FNO5. The maximum Gasteiger partial charge on any atom is 0.330 e. The summed E-state index contributed by atoms with van der Waals surface area (Å²) < 4.78 is 23.8. The average Bonchev–Trinajstić information content (AvgIpc) is 2.66. The summed E-state index contributed by atoms with van der Waals surface area (Å²) in [6.45, 7) is 1.54. The third-order valence-corrected chi connectivity index (χ3v) is 4.12. The third kappa shape index (κ3) is 5.44. The Morgan fingerprint density at radius 1 is 1.11 bits per heavy atom. The first-order valence-electron chi connectivity index (χ1n) is 8.34. The van der Waals surface area contributed by atoms with Crippen molar-refractivity contribution in [2.45, 2.75) is 25.8 Å². The summed E-state index contributed by atoms with van der Waals surface area (Å²) in [5.41, 5.74) is 1.46. The van der Waals surface area contributed by atoms with Crippen molar-refractivity contribution in [3.8, 4) is 11.5 Å². The lowest BCUT2D eigenvalue weighted by Gasteiger charge is -2.16. The Morgan fingerprint density at radius 2 is 1.74 bits per heavy atom. The predicted molar refractivity (Wildman–Crippen MR) is 97.5 cm³/mol. The molecule has 2 aromatic rings. The quantitative estimate of drug-likeness (QED) is 0.741. The number of rotatable bonds is 8. The van der Waals surface area contributed by atoms with Crippen molar-refractivity contribution in [2.75, 3.05) is 14.2 Å². The van der Waals surface area contributed by atoms with Crippen molar-refractivity contribution in [1.82, 2.24) is 5.32 Å². The molecule has 1 atom stereocenters. The number of hydrogen-bond donors (Lipinski definition) is 2. The van der Waals surface area contributed by atoms with Crippen LogP contribution in [0, 0.1) is 12.7 Å². The lowest BCUT2D eigenvalue weighted by Crippen LogP contribution is -2.34. The van der Waals surface area contributed by atoms with Crippen LogP contribution < -0.4 is 14.8 Å². The van der Waals surface area contributed by atoms with Gasteiger partial charge in [0.1, 0.15) is 17.3 Å². The molecule has 7 heteroatoms. The zero-order chi connectivity index (χ0) is 20.0. The van der Waals surface area contributed by atoms with Crippen LogP contribution in [-0.4, -0.2) is 31.2 Å². The zero-order valence-electron chi connectivity index (χ0n) is 15.4. The summed E-state index contributed by atoms with van der Waals surface area (Å²) in [5, 5.41) is 11.9. The van der Waals surface area contributed by atoms with Gasteiger partial charge in [-0.15, -0.1) is 0 Å². The highest BCUT2D eigenvalue weighted by Crippen LogP contribution is 2.23.